The van der Waals surface area contributed by atoms with Gasteiger partial charge in [-0.15, -0.1) is 0 Å². The van der Waals surface area contributed by atoms with E-state index in [-0.39, 0.29) is 0 Å². The normalized spacial score (nSPS) is 22.3. The van der Waals surface area contributed by atoms with Gasteiger partial charge in [0.05, 0.1) is 0 Å². The van der Waals surface area contributed by atoms with Crippen molar-refractivity contribution in [2.75, 3.05) is 0 Å². The van der Waals surface area contributed by atoms with Crippen molar-refractivity contribution in [1.29, 1.82) is 0 Å². The quantitative estimate of drug-likeness (QED) is 0.626. The first kappa shape index (κ1) is 10.1. The zero-order valence-corrected chi connectivity index (χ0v) is 9.67. The van der Waals surface area contributed by atoms with E-state index >= 15 is 0 Å². The van der Waals surface area contributed by atoms with Crippen molar-refractivity contribution < 1.29 is 10.2 Å². The second-order valence-corrected chi connectivity index (χ2v) is 4.87. The summed E-state index contributed by atoms with van der Waals surface area (Å²) in [4.78, 5) is 0. The summed E-state index contributed by atoms with van der Waals surface area (Å²) in [6.45, 7) is 0. The van der Waals surface area contributed by atoms with Crippen molar-refractivity contribution >= 4 is 27.6 Å². The first-order valence-corrected chi connectivity index (χ1v) is 6.08. The van der Waals surface area contributed by atoms with Gasteiger partial charge in [0.15, 0.2) is 0 Å². The van der Waals surface area contributed by atoms with Crippen LogP contribution in [0, 0.1) is 0 Å². The third-order valence-electron chi connectivity index (χ3n) is 3.83. The van der Waals surface area contributed by atoms with Gasteiger partial charge in [-0.05, 0) is 38.4 Å². The highest BCUT2D eigenvalue weighted by Crippen LogP contribution is 2.33. The lowest BCUT2D eigenvalue weighted by molar-refractivity contribution is 0.0572. The fraction of sp³-hybridized carbons (Fsp3) is 0.125. The second kappa shape index (κ2) is 3.31. The summed E-state index contributed by atoms with van der Waals surface area (Å²) in [6, 6.07) is 14.2. The molecule has 3 aromatic carbocycles. The van der Waals surface area contributed by atoms with Gasteiger partial charge >= 0.3 is 0 Å². The molecule has 0 spiro atoms. The van der Waals surface area contributed by atoms with Crippen LogP contribution in [0.1, 0.15) is 11.7 Å². The zero-order chi connectivity index (χ0) is 12.3. The molecule has 0 bridgehead atoms. The fourth-order valence-electron chi connectivity index (χ4n) is 2.98. The van der Waals surface area contributed by atoms with Crippen molar-refractivity contribution in [3.8, 4) is 0 Å². The van der Waals surface area contributed by atoms with Crippen LogP contribution in [0.3, 0.4) is 0 Å². The van der Waals surface area contributed by atoms with Crippen molar-refractivity contribution in [1.82, 2.24) is 0 Å². The van der Waals surface area contributed by atoms with Crippen LogP contribution in [0.25, 0.3) is 27.6 Å². The van der Waals surface area contributed by atoms with Gasteiger partial charge < -0.3 is 10.2 Å². The maximum absolute atomic E-state index is 10.1. The van der Waals surface area contributed by atoms with E-state index < -0.39 is 12.2 Å². The Hall–Kier alpha value is -1.90. The molecule has 18 heavy (non-hydrogen) atoms. The van der Waals surface area contributed by atoms with Gasteiger partial charge in [0.2, 0.25) is 0 Å². The van der Waals surface area contributed by atoms with Crippen molar-refractivity contribution in [3.05, 3.63) is 53.2 Å². The molecule has 1 aliphatic rings. The molecule has 2 heteroatoms. The van der Waals surface area contributed by atoms with E-state index in [1.54, 1.807) is 6.08 Å². The summed E-state index contributed by atoms with van der Waals surface area (Å²) < 4.78 is 0. The van der Waals surface area contributed by atoms with Gasteiger partial charge in [-0.25, -0.2) is 0 Å². The maximum Gasteiger partial charge on any atom is 0.109 e. The van der Waals surface area contributed by atoms with Crippen LogP contribution in [0.2, 0.25) is 0 Å². The fourth-order valence-corrected chi connectivity index (χ4v) is 2.98. The molecule has 0 radical (unpaired) electrons. The molecule has 1 aliphatic carbocycles. The van der Waals surface area contributed by atoms with Crippen LogP contribution in [0.4, 0.5) is 0 Å². The summed E-state index contributed by atoms with van der Waals surface area (Å²) in [5, 5.41) is 25.6. The minimum Gasteiger partial charge on any atom is -0.386 e. The van der Waals surface area contributed by atoms with E-state index in [2.05, 4.69) is 18.2 Å². The number of rotatable bonds is 0. The third-order valence-corrected chi connectivity index (χ3v) is 3.83. The van der Waals surface area contributed by atoms with E-state index in [0.717, 1.165) is 16.2 Å². The molecule has 0 heterocycles. The summed E-state index contributed by atoms with van der Waals surface area (Å²) in [6.07, 6.45) is 0.0892. The predicted molar refractivity (Wildman–Crippen MR) is 72.1 cm³/mol. The van der Waals surface area contributed by atoms with Crippen molar-refractivity contribution in [2.45, 2.75) is 12.2 Å². The van der Waals surface area contributed by atoms with Crippen LogP contribution in [0.5, 0.6) is 0 Å². The average molecular weight is 236 g/mol. The van der Waals surface area contributed by atoms with E-state index in [4.69, 9.17) is 0 Å². The highest BCUT2D eigenvalue weighted by molar-refractivity contribution is 6.11. The summed E-state index contributed by atoms with van der Waals surface area (Å²) in [5.41, 5.74) is 0.823. The molecule has 0 saturated heterocycles. The Labute approximate surface area is 104 Å². The Morgan fingerprint density at radius 2 is 1.50 bits per heavy atom. The molecular formula is C16H12O2. The van der Waals surface area contributed by atoms with Gasteiger partial charge in [0, 0.05) is 0 Å². The van der Waals surface area contributed by atoms with Gasteiger partial charge in [0.1, 0.15) is 12.2 Å². The first-order valence-electron chi connectivity index (χ1n) is 6.08. The molecule has 0 fully saturated rings. The van der Waals surface area contributed by atoms with Crippen LogP contribution in [0.15, 0.2) is 42.5 Å². The maximum atomic E-state index is 10.1. The molecule has 2 N–H and O–H groups in total. The molecule has 4 rings (SSSR count). The monoisotopic (exact) mass is 236 g/mol. The molecule has 3 aromatic rings. The molecule has 0 aliphatic heterocycles. The van der Waals surface area contributed by atoms with Crippen LogP contribution in [-0.2, 0) is 0 Å². The highest BCUT2D eigenvalue weighted by Gasteiger charge is 2.23. The van der Waals surface area contributed by atoms with E-state index in [9.17, 15) is 10.2 Å². The minimum absolute atomic E-state index is 0.820. The lowest BCUT2D eigenvalue weighted by Gasteiger charge is -2.23. The Morgan fingerprint density at radius 1 is 0.778 bits per heavy atom. The Kier molecular flexibility index (Phi) is 1.85. The predicted octanol–water partition coefficient (Wildman–Crippen LogP) is 1.90. The molecule has 88 valence electrons. The van der Waals surface area contributed by atoms with Gasteiger partial charge in [-0.1, -0.05) is 42.5 Å². The summed E-state index contributed by atoms with van der Waals surface area (Å²) in [7, 11) is 0. The van der Waals surface area contributed by atoms with E-state index in [1.807, 2.05) is 24.3 Å². The number of aliphatic hydroxyl groups excluding tert-OH is 2. The lowest BCUT2D eigenvalue weighted by Crippen LogP contribution is -2.25. The van der Waals surface area contributed by atoms with Crippen molar-refractivity contribution in [3.63, 3.8) is 0 Å². The van der Waals surface area contributed by atoms with Crippen molar-refractivity contribution in [2.24, 2.45) is 0 Å². The standard InChI is InChI=1S/C16H12O2/c17-13-8-11-5-4-9-2-1-3-10-6-7-12(16(13)18)15(11)14(9)10/h1-8,13,16-18H/t13-,16-/m1/s1. The van der Waals surface area contributed by atoms with Crippen LogP contribution in [-0.4, -0.2) is 16.3 Å². The topological polar surface area (TPSA) is 40.5 Å². The number of benzene rings is 3. The summed E-state index contributed by atoms with van der Waals surface area (Å²) >= 11 is 0. The SMILES string of the molecule is O[C@@H]1C=c2ccc3cccc4ccc(c2c43)[C@H]1O. The Bertz CT molecular complexity index is 804. The average Bonchev–Trinajstić information content (AvgIpc) is 2.40. The molecule has 0 saturated carbocycles. The molecule has 0 amide bonds. The molecular weight excluding hydrogens is 224 g/mol. The number of hydrogen-bond acceptors (Lipinski definition) is 2. The minimum atomic E-state index is -0.826. The van der Waals surface area contributed by atoms with Gasteiger partial charge in [0.25, 0.3) is 0 Å². The van der Waals surface area contributed by atoms with Gasteiger partial charge in [-0.2, -0.15) is 0 Å². The first-order chi connectivity index (χ1) is 8.75. The van der Waals surface area contributed by atoms with Crippen LogP contribution >= 0.6 is 0 Å². The number of hydrogen-bond donors (Lipinski definition) is 2. The highest BCUT2D eigenvalue weighted by atomic mass is 16.3. The molecule has 2 atom stereocenters. The Morgan fingerprint density at radius 3 is 2.28 bits per heavy atom. The smallest absolute Gasteiger partial charge is 0.109 e. The largest absolute Gasteiger partial charge is 0.386 e. The van der Waals surface area contributed by atoms with Crippen LogP contribution < -0.4 is 5.22 Å². The number of aliphatic hydroxyl groups is 2. The molecule has 0 aromatic heterocycles. The van der Waals surface area contributed by atoms with E-state index in [1.165, 1.54) is 16.2 Å². The third kappa shape index (κ3) is 1.14. The molecule has 2 nitrogen and oxygen atoms in total. The van der Waals surface area contributed by atoms with Gasteiger partial charge in [-0.3, -0.25) is 0 Å². The zero-order valence-electron chi connectivity index (χ0n) is 9.67. The van der Waals surface area contributed by atoms with E-state index in [0.29, 0.717) is 0 Å². The summed E-state index contributed by atoms with van der Waals surface area (Å²) in [5.74, 6) is 0. The molecule has 0 unspecified atom stereocenters. The Balaban J connectivity index is 2.35. The second-order valence-electron chi connectivity index (χ2n) is 4.87. The lowest BCUT2D eigenvalue weighted by atomic mass is 9.87.